The minimum atomic E-state index is -1.03. The summed E-state index contributed by atoms with van der Waals surface area (Å²) >= 11 is 2.64. The van der Waals surface area contributed by atoms with Crippen molar-refractivity contribution < 1.29 is 14.7 Å². The first-order chi connectivity index (χ1) is 9.02. The largest absolute Gasteiger partial charge is 0.478 e. The highest BCUT2D eigenvalue weighted by Gasteiger charge is 2.18. The van der Waals surface area contributed by atoms with Crippen molar-refractivity contribution >= 4 is 39.6 Å². The van der Waals surface area contributed by atoms with E-state index in [-0.39, 0.29) is 11.5 Å². The Labute approximate surface area is 118 Å². The van der Waals surface area contributed by atoms with Crippen molar-refractivity contribution in [3.8, 4) is 0 Å². The van der Waals surface area contributed by atoms with Crippen LogP contribution in [0.1, 0.15) is 37.4 Å². The Kier molecular flexibility index (Phi) is 4.01. The van der Waals surface area contributed by atoms with E-state index in [2.05, 4.69) is 5.32 Å². The van der Waals surface area contributed by atoms with Crippen molar-refractivity contribution in [2.75, 3.05) is 5.32 Å². The van der Waals surface area contributed by atoms with Gasteiger partial charge in [0, 0.05) is 4.88 Å². The lowest BCUT2D eigenvalue weighted by molar-refractivity contribution is 0.0698. The quantitative estimate of drug-likeness (QED) is 0.905. The molecule has 0 bridgehead atoms. The second kappa shape index (κ2) is 5.54. The van der Waals surface area contributed by atoms with Gasteiger partial charge in [0.05, 0.1) is 10.4 Å². The SMILES string of the molecule is CCc1ccsc1C(=O)Nc1sc(C)cc1C(=O)O. The van der Waals surface area contributed by atoms with Gasteiger partial charge in [-0.2, -0.15) is 0 Å². The van der Waals surface area contributed by atoms with E-state index in [1.54, 1.807) is 6.07 Å². The molecule has 2 N–H and O–H groups in total. The molecular weight excluding hydrogens is 282 g/mol. The Hall–Kier alpha value is -1.66. The molecule has 0 radical (unpaired) electrons. The molecule has 0 aliphatic heterocycles. The predicted octanol–water partition coefficient (Wildman–Crippen LogP) is 3.63. The normalized spacial score (nSPS) is 10.4. The van der Waals surface area contributed by atoms with E-state index in [9.17, 15) is 9.59 Å². The smallest absolute Gasteiger partial charge is 0.338 e. The number of amides is 1. The molecule has 6 heteroatoms. The van der Waals surface area contributed by atoms with Crippen molar-refractivity contribution in [3.05, 3.63) is 38.4 Å². The molecule has 0 unspecified atom stereocenters. The number of rotatable bonds is 4. The van der Waals surface area contributed by atoms with Crippen LogP contribution in [0.3, 0.4) is 0 Å². The molecule has 0 aliphatic rings. The molecular formula is C13H13NO3S2. The van der Waals surface area contributed by atoms with Gasteiger partial charge in [0.25, 0.3) is 5.91 Å². The van der Waals surface area contributed by atoms with Crippen LogP contribution in [-0.2, 0) is 6.42 Å². The highest BCUT2D eigenvalue weighted by atomic mass is 32.1. The van der Waals surface area contributed by atoms with E-state index in [0.717, 1.165) is 16.9 Å². The molecule has 2 aromatic rings. The van der Waals surface area contributed by atoms with Gasteiger partial charge in [-0.25, -0.2) is 4.79 Å². The zero-order chi connectivity index (χ0) is 14.0. The number of nitrogens with one attached hydrogen (secondary N) is 1. The number of anilines is 1. The minimum Gasteiger partial charge on any atom is -0.478 e. The third kappa shape index (κ3) is 2.85. The number of carboxylic acid groups (broad SMARTS) is 1. The average molecular weight is 295 g/mol. The van der Waals surface area contributed by atoms with Crippen LogP contribution in [0, 0.1) is 6.92 Å². The number of carbonyl (C=O) groups is 2. The summed E-state index contributed by atoms with van der Waals surface area (Å²) in [5, 5.41) is 14.0. The van der Waals surface area contributed by atoms with Crippen LogP contribution in [-0.4, -0.2) is 17.0 Å². The molecule has 1 amide bonds. The van der Waals surface area contributed by atoms with Gasteiger partial charge in [-0.3, -0.25) is 4.79 Å². The maximum absolute atomic E-state index is 12.2. The fourth-order valence-electron chi connectivity index (χ4n) is 1.74. The molecule has 19 heavy (non-hydrogen) atoms. The van der Waals surface area contributed by atoms with Gasteiger partial charge in [0.2, 0.25) is 0 Å². The van der Waals surface area contributed by atoms with Gasteiger partial charge >= 0.3 is 5.97 Å². The highest BCUT2D eigenvalue weighted by molar-refractivity contribution is 7.17. The maximum atomic E-state index is 12.2. The zero-order valence-corrected chi connectivity index (χ0v) is 12.2. The Morgan fingerprint density at radius 2 is 2.16 bits per heavy atom. The van der Waals surface area contributed by atoms with Crippen LogP contribution in [0.5, 0.6) is 0 Å². The lowest BCUT2D eigenvalue weighted by atomic mass is 10.2. The van der Waals surface area contributed by atoms with Crippen LogP contribution in [0.15, 0.2) is 17.5 Å². The Morgan fingerprint density at radius 1 is 1.42 bits per heavy atom. The predicted molar refractivity (Wildman–Crippen MR) is 77.7 cm³/mol. The fourth-order valence-corrected chi connectivity index (χ4v) is 3.53. The summed E-state index contributed by atoms with van der Waals surface area (Å²) in [6.07, 6.45) is 0.779. The molecule has 0 atom stereocenters. The molecule has 2 heterocycles. The number of thiophene rings is 2. The molecule has 100 valence electrons. The summed E-state index contributed by atoms with van der Waals surface area (Å²) in [5.74, 6) is -1.27. The van der Waals surface area contributed by atoms with Gasteiger partial charge in [-0.1, -0.05) is 6.92 Å². The number of aromatic carboxylic acids is 1. The van der Waals surface area contributed by atoms with E-state index in [4.69, 9.17) is 5.11 Å². The minimum absolute atomic E-state index is 0.144. The van der Waals surface area contributed by atoms with Crippen LogP contribution >= 0.6 is 22.7 Å². The summed E-state index contributed by atoms with van der Waals surface area (Å²) in [7, 11) is 0. The lowest BCUT2D eigenvalue weighted by Gasteiger charge is -2.04. The third-order valence-corrected chi connectivity index (χ3v) is 4.57. The van der Waals surface area contributed by atoms with Crippen molar-refractivity contribution in [2.24, 2.45) is 0 Å². The van der Waals surface area contributed by atoms with E-state index in [0.29, 0.717) is 9.88 Å². The first kappa shape index (κ1) is 13.8. The number of aryl methyl sites for hydroxylation is 2. The number of hydrogen-bond acceptors (Lipinski definition) is 4. The second-order valence-corrected chi connectivity index (χ2v) is 6.16. The molecule has 0 saturated carbocycles. The van der Waals surface area contributed by atoms with Crippen LogP contribution < -0.4 is 5.32 Å². The van der Waals surface area contributed by atoms with Gasteiger partial charge in [0.15, 0.2) is 0 Å². The van der Waals surface area contributed by atoms with Crippen molar-refractivity contribution in [1.29, 1.82) is 0 Å². The zero-order valence-electron chi connectivity index (χ0n) is 10.5. The molecule has 0 aliphatic carbocycles. The summed E-state index contributed by atoms with van der Waals surface area (Å²) in [5.41, 5.74) is 1.12. The summed E-state index contributed by atoms with van der Waals surface area (Å²) < 4.78 is 0. The lowest BCUT2D eigenvalue weighted by Crippen LogP contribution is -2.13. The van der Waals surface area contributed by atoms with E-state index >= 15 is 0 Å². The second-order valence-electron chi connectivity index (χ2n) is 3.99. The topological polar surface area (TPSA) is 66.4 Å². The first-order valence-electron chi connectivity index (χ1n) is 5.74. The molecule has 0 fully saturated rings. The van der Waals surface area contributed by atoms with Crippen molar-refractivity contribution in [3.63, 3.8) is 0 Å². The maximum Gasteiger partial charge on any atom is 0.338 e. The van der Waals surface area contributed by atoms with Gasteiger partial charge in [0.1, 0.15) is 5.00 Å². The molecule has 0 aromatic carbocycles. The number of hydrogen-bond donors (Lipinski definition) is 2. The Bertz CT molecular complexity index is 628. The number of carbonyl (C=O) groups excluding carboxylic acids is 1. The summed E-state index contributed by atoms with van der Waals surface area (Å²) in [6, 6.07) is 3.48. The van der Waals surface area contributed by atoms with Crippen LogP contribution in [0.2, 0.25) is 0 Å². The fraction of sp³-hybridized carbons (Fsp3) is 0.231. The van der Waals surface area contributed by atoms with E-state index in [1.807, 2.05) is 25.3 Å². The average Bonchev–Trinajstić information content (AvgIpc) is 2.95. The molecule has 0 spiro atoms. The van der Waals surface area contributed by atoms with Gasteiger partial charge in [-0.05, 0) is 36.4 Å². The van der Waals surface area contributed by atoms with Crippen molar-refractivity contribution in [1.82, 2.24) is 0 Å². The van der Waals surface area contributed by atoms with Crippen LogP contribution in [0.4, 0.5) is 5.00 Å². The van der Waals surface area contributed by atoms with Gasteiger partial charge in [-0.15, -0.1) is 22.7 Å². The third-order valence-electron chi connectivity index (χ3n) is 2.65. The monoisotopic (exact) mass is 295 g/mol. The van der Waals surface area contributed by atoms with Crippen LogP contribution in [0.25, 0.3) is 0 Å². The summed E-state index contributed by atoms with van der Waals surface area (Å²) in [6.45, 7) is 3.80. The molecule has 0 saturated heterocycles. The van der Waals surface area contributed by atoms with Gasteiger partial charge < -0.3 is 10.4 Å². The number of carboxylic acids is 1. The Morgan fingerprint density at radius 3 is 2.79 bits per heavy atom. The standard InChI is InChI=1S/C13H13NO3S2/c1-3-8-4-5-18-10(8)11(15)14-12-9(13(16)17)6-7(2)19-12/h4-6H,3H2,1-2H3,(H,14,15)(H,16,17). The van der Waals surface area contributed by atoms with E-state index in [1.165, 1.54) is 22.7 Å². The molecule has 2 aromatic heterocycles. The molecule has 4 nitrogen and oxygen atoms in total. The summed E-state index contributed by atoms with van der Waals surface area (Å²) in [4.78, 5) is 24.7. The highest BCUT2D eigenvalue weighted by Crippen LogP contribution is 2.29. The Balaban J connectivity index is 2.26. The molecule has 2 rings (SSSR count). The van der Waals surface area contributed by atoms with E-state index < -0.39 is 5.97 Å². The first-order valence-corrected chi connectivity index (χ1v) is 7.44. The van der Waals surface area contributed by atoms with Crippen molar-refractivity contribution in [2.45, 2.75) is 20.3 Å².